The Morgan fingerprint density at radius 1 is 1.05 bits per heavy atom. The van der Waals surface area contributed by atoms with Gasteiger partial charge in [0, 0.05) is 12.7 Å². The number of halogens is 1. The summed E-state index contributed by atoms with van der Waals surface area (Å²) in [5.41, 5.74) is 9.26. The van der Waals surface area contributed by atoms with Gasteiger partial charge in [-0.25, -0.2) is 4.39 Å². The zero-order valence-corrected chi connectivity index (χ0v) is 12.1. The molecule has 0 radical (unpaired) electrons. The third-order valence-electron chi connectivity index (χ3n) is 3.54. The summed E-state index contributed by atoms with van der Waals surface area (Å²) in [6.07, 6.45) is 1.71. The van der Waals surface area contributed by atoms with Gasteiger partial charge in [0.15, 0.2) is 0 Å². The number of anilines is 2. The van der Waals surface area contributed by atoms with Gasteiger partial charge < -0.3 is 10.6 Å². The minimum atomic E-state index is -0.210. The molecule has 106 valence electrons. The predicted molar refractivity (Wildman–Crippen MR) is 83.0 cm³/mol. The van der Waals surface area contributed by atoms with Crippen LogP contribution in [0, 0.1) is 5.82 Å². The van der Waals surface area contributed by atoms with Crippen LogP contribution in [0.15, 0.2) is 42.5 Å². The molecule has 0 fully saturated rings. The molecule has 0 unspecified atom stereocenters. The van der Waals surface area contributed by atoms with Crippen LogP contribution in [0.1, 0.15) is 18.1 Å². The second kappa shape index (κ2) is 6.53. The molecule has 0 aromatic heterocycles. The standard InChI is InChI=1S/C17H21FN2/c1-3-13-4-7-15(8-5-13)20(2)17-9-6-14(10-11-19)12-16(17)18/h4-9,12H,3,10-11,19H2,1-2H3. The second-order valence-corrected chi connectivity index (χ2v) is 4.90. The summed E-state index contributed by atoms with van der Waals surface area (Å²) in [5, 5.41) is 0. The zero-order valence-electron chi connectivity index (χ0n) is 12.1. The highest BCUT2D eigenvalue weighted by Gasteiger charge is 2.10. The summed E-state index contributed by atoms with van der Waals surface area (Å²) in [6, 6.07) is 13.5. The summed E-state index contributed by atoms with van der Waals surface area (Å²) < 4.78 is 14.2. The Kier molecular flexibility index (Phi) is 4.74. The minimum absolute atomic E-state index is 0.210. The van der Waals surface area contributed by atoms with Gasteiger partial charge in [0.25, 0.3) is 0 Å². The fourth-order valence-electron chi connectivity index (χ4n) is 2.24. The predicted octanol–water partition coefficient (Wildman–Crippen LogP) is 3.66. The van der Waals surface area contributed by atoms with Gasteiger partial charge in [-0.05, 0) is 54.8 Å². The largest absolute Gasteiger partial charge is 0.342 e. The molecule has 20 heavy (non-hydrogen) atoms. The van der Waals surface area contributed by atoms with Gasteiger partial charge in [0.1, 0.15) is 5.82 Å². The maximum absolute atomic E-state index is 14.2. The average Bonchev–Trinajstić information content (AvgIpc) is 2.47. The lowest BCUT2D eigenvalue weighted by Gasteiger charge is -2.21. The van der Waals surface area contributed by atoms with E-state index in [-0.39, 0.29) is 5.82 Å². The summed E-state index contributed by atoms with van der Waals surface area (Å²) >= 11 is 0. The first kappa shape index (κ1) is 14.5. The Hall–Kier alpha value is -1.87. The Morgan fingerprint density at radius 3 is 2.25 bits per heavy atom. The van der Waals surface area contributed by atoms with Crippen molar-refractivity contribution in [3.63, 3.8) is 0 Å². The van der Waals surface area contributed by atoms with Crippen LogP contribution in [-0.2, 0) is 12.8 Å². The molecule has 0 spiro atoms. The van der Waals surface area contributed by atoms with E-state index in [4.69, 9.17) is 5.73 Å². The summed E-state index contributed by atoms with van der Waals surface area (Å²) in [6.45, 7) is 2.65. The Morgan fingerprint density at radius 2 is 1.70 bits per heavy atom. The molecule has 0 aliphatic rings. The van der Waals surface area contributed by atoms with Gasteiger partial charge in [-0.15, -0.1) is 0 Å². The molecule has 0 saturated carbocycles. The van der Waals surface area contributed by atoms with Crippen LogP contribution >= 0.6 is 0 Å². The molecule has 2 nitrogen and oxygen atoms in total. The van der Waals surface area contributed by atoms with E-state index in [0.717, 1.165) is 17.7 Å². The highest BCUT2D eigenvalue weighted by Crippen LogP contribution is 2.27. The van der Waals surface area contributed by atoms with Crippen LogP contribution in [0.5, 0.6) is 0 Å². The van der Waals surface area contributed by atoms with Gasteiger partial charge in [0.05, 0.1) is 5.69 Å². The third kappa shape index (κ3) is 3.17. The van der Waals surface area contributed by atoms with E-state index in [1.807, 2.05) is 36.2 Å². The van der Waals surface area contributed by atoms with Gasteiger partial charge in [0.2, 0.25) is 0 Å². The van der Waals surface area contributed by atoms with E-state index < -0.39 is 0 Å². The number of benzene rings is 2. The van der Waals surface area contributed by atoms with E-state index >= 15 is 0 Å². The van der Waals surface area contributed by atoms with Crippen LogP contribution < -0.4 is 10.6 Å². The third-order valence-corrected chi connectivity index (χ3v) is 3.54. The summed E-state index contributed by atoms with van der Waals surface area (Å²) in [7, 11) is 1.88. The number of hydrogen-bond acceptors (Lipinski definition) is 2. The lowest BCUT2D eigenvalue weighted by Crippen LogP contribution is -2.12. The lowest BCUT2D eigenvalue weighted by molar-refractivity contribution is 0.625. The van der Waals surface area contributed by atoms with Crippen molar-refractivity contribution < 1.29 is 4.39 Å². The van der Waals surface area contributed by atoms with Crippen molar-refractivity contribution in [1.29, 1.82) is 0 Å². The molecule has 2 aromatic carbocycles. The van der Waals surface area contributed by atoms with Crippen LogP contribution in [0.3, 0.4) is 0 Å². The number of rotatable bonds is 5. The first-order valence-electron chi connectivity index (χ1n) is 6.97. The van der Waals surface area contributed by atoms with Gasteiger partial charge in [-0.2, -0.15) is 0 Å². The quantitative estimate of drug-likeness (QED) is 0.900. The van der Waals surface area contributed by atoms with E-state index in [1.54, 1.807) is 6.07 Å². The molecule has 0 bridgehead atoms. The minimum Gasteiger partial charge on any atom is -0.342 e. The summed E-state index contributed by atoms with van der Waals surface area (Å²) in [5.74, 6) is -0.210. The van der Waals surface area contributed by atoms with Gasteiger partial charge >= 0.3 is 0 Å². The Labute approximate surface area is 120 Å². The summed E-state index contributed by atoms with van der Waals surface area (Å²) in [4.78, 5) is 1.86. The molecule has 0 heterocycles. The second-order valence-electron chi connectivity index (χ2n) is 4.90. The monoisotopic (exact) mass is 272 g/mol. The normalized spacial score (nSPS) is 10.6. The topological polar surface area (TPSA) is 29.3 Å². The lowest BCUT2D eigenvalue weighted by atomic mass is 10.1. The van der Waals surface area contributed by atoms with Crippen molar-refractivity contribution in [2.45, 2.75) is 19.8 Å². The highest BCUT2D eigenvalue weighted by atomic mass is 19.1. The molecule has 0 aliphatic carbocycles. The van der Waals surface area contributed by atoms with Crippen molar-refractivity contribution >= 4 is 11.4 Å². The van der Waals surface area contributed by atoms with Crippen molar-refractivity contribution in [1.82, 2.24) is 0 Å². The zero-order chi connectivity index (χ0) is 14.5. The molecule has 2 N–H and O–H groups in total. The molecule has 3 heteroatoms. The SMILES string of the molecule is CCc1ccc(N(C)c2ccc(CCN)cc2F)cc1. The number of nitrogens with two attached hydrogens (primary N) is 1. The van der Waals surface area contributed by atoms with Crippen molar-refractivity contribution in [3.8, 4) is 0 Å². The Bertz CT molecular complexity index is 564. The number of aryl methyl sites for hydroxylation is 1. The van der Waals surface area contributed by atoms with Crippen LogP contribution in [-0.4, -0.2) is 13.6 Å². The van der Waals surface area contributed by atoms with E-state index in [0.29, 0.717) is 18.7 Å². The van der Waals surface area contributed by atoms with Gasteiger partial charge in [-0.1, -0.05) is 25.1 Å². The van der Waals surface area contributed by atoms with E-state index in [2.05, 4.69) is 19.1 Å². The van der Waals surface area contributed by atoms with Crippen molar-refractivity contribution in [3.05, 3.63) is 59.4 Å². The van der Waals surface area contributed by atoms with E-state index in [1.165, 1.54) is 5.56 Å². The molecule has 0 aliphatic heterocycles. The molecule has 2 rings (SSSR count). The molecule has 0 amide bonds. The van der Waals surface area contributed by atoms with E-state index in [9.17, 15) is 4.39 Å². The van der Waals surface area contributed by atoms with Crippen LogP contribution in [0.2, 0.25) is 0 Å². The van der Waals surface area contributed by atoms with Crippen LogP contribution in [0.4, 0.5) is 15.8 Å². The Balaban J connectivity index is 2.25. The molecule has 0 atom stereocenters. The van der Waals surface area contributed by atoms with Crippen molar-refractivity contribution in [2.75, 3.05) is 18.5 Å². The molecule has 0 saturated heterocycles. The number of hydrogen-bond donors (Lipinski definition) is 1. The van der Waals surface area contributed by atoms with Crippen molar-refractivity contribution in [2.24, 2.45) is 5.73 Å². The fraction of sp³-hybridized carbons (Fsp3) is 0.294. The molecular weight excluding hydrogens is 251 g/mol. The van der Waals surface area contributed by atoms with Crippen LogP contribution in [0.25, 0.3) is 0 Å². The maximum Gasteiger partial charge on any atom is 0.147 e. The number of nitrogens with zero attached hydrogens (tertiary/aromatic N) is 1. The first-order chi connectivity index (χ1) is 9.65. The van der Waals surface area contributed by atoms with Gasteiger partial charge in [-0.3, -0.25) is 0 Å². The molecular formula is C17H21FN2. The average molecular weight is 272 g/mol. The maximum atomic E-state index is 14.2. The fourth-order valence-corrected chi connectivity index (χ4v) is 2.24. The highest BCUT2D eigenvalue weighted by molar-refractivity contribution is 5.63. The smallest absolute Gasteiger partial charge is 0.147 e. The molecule has 2 aromatic rings. The first-order valence-corrected chi connectivity index (χ1v) is 6.97.